The van der Waals surface area contributed by atoms with Crippen molar-refractivity contribution in [2.24, 2.45) is 5.73 Å². The van der Waals surface area contributed by atoms with Crippen LogP contribution in [0.4, 0.5) is 4.39 Å². The first-order valence-electron chi connectivity index (χ1n) is 5.35. The van der Waals surface area contributed by atoms with Crippen LogP contribution in [-0.2, 0) is 0 Å². The Labute approximate surface area is 105 Å². The molecular weight excluding hydrogens is 237 g/mol. The van der Waals surface area contributed by atoms with Gasteiger partial charge < -0.3 is 5.73 Å². The second-order valence-corrected chi connectivity index (χ2v) is 4.39. The van der Waals surface area contributed by atoms with Crippen LogP contribution in [0.25, 0.3) is 0 Å². The summed E-state index contributed by atoms with van der Waals surface area (Å²) in [6.45, 7) is 1.92. The zero-order valence-electron chi connectivity index (χ0n) is 9.45. The van der Waals surface area contributed by atoms with Gasteiger partial charge in [0.1, 0.15) is 5.82 Å². The van der Waals surface area contributed by atoms with Crippen molar-refractivity contribution >= 4 is 11.6 Å². The number of rotatable bonds is 2. The van der Waals surface area contributed by atoms with Crippen molar-refractivity contribution in [3.63, 3.8) is 0 Å². The number of nitrogens with two attached hydrogens (primary N) is 1. The molecule has 1 nitrogen and oxygen atoms in total. The molecule has 88 valence electrons. The number of halogens is 2. The van der Waals surface area contributed by atoms with Gasteiger partial charge in [0.15, 0.2) is 0 Å². The lowest BCUT2D eigenvalue weighted by Crippen LogP contribution is -2.12. The molecule has 0 heterocycles. The zero-order chi connectivity index (χ0) is 12.4. The number of hydrogen-bond donors (Lipinski definition) is 1. The van der Waals surface area contributed by atoms with Crippen LogP contribution < -0.4 is 5.73 Å². The van der Waals surface area contributed by atoms with Gasteiger partial charge in [0.05, 0.1) is 6.04 Å². The van der Waals surface area contributed by atoms with E-state index >= 15 is 0 Å². The number of hydrogen-bond acceptors (Lipinski definition) is 1. The summed E-state index contributed by atoms with van der Waals surface area (Å²) in [5, 5.41) is 0.643. The summed E-state index contributed by atoms with van der Waals surface area (Å²) in [6.07, 6.45) is 0. The predicted molar refractivity (Wildman–Crippen MR) is 68.6 cm³/mol. The van der Waals surface area contributed by atoms with Crippen molar-refractivity contribution in [1.82, 2.24) is 0 Å². The van der Waals surface area contributed by atoms with Gasteiger partial charge in [-0.3, -0.25) is 0 Å². The van der Waals surface area contributed by atoms with E-state index in [2.05, 4.69) is 0 Å². The monoisotopic (exact) mass is 249 g/mol. The fourth-order valence-corrected chi connectivity index (χ4v) is 2.03. The van der Waals surface area contributed by atoms with E-state index in [9.17, 15) is 4.39 Å². The maximum absolute atomic E-state index is 13.1. The second kappa shape index (κ2) is 4.86. The Bertz CT molecular complexity index is 539. The van der Waals surface area contributed by atoms with E-state index in [-0.39, 0.29) is 5.82 Å². The van der Waals surface area contributed by atoms with Crippen LogP contribution in [0, 0.1) is 12.7 Å². The van der Waals surface area contributed by atoms with Gasteiger partial charge in [0.2, 0.25) is 0 Å². The molecule has 2 aromatic carbocycles. The lowest BCUT2D eigenvalue weighted by molar-refractivity contribution is 0.623. The summed E-state index contributed by atoms with van der Waals surface area (Å²) in [4.78, 5) is 0. The quantitative estimate of drug-likeness (QED) is 0.860. The fraction of sp³-hybridized carbons (Fsp3) is 0.143. The Morgan fingerprint density at radius 2 is 1.88 bits per heavy atom. The minimum atomic E-state index is -0.405. The average molecular weight is 250 g/mol. The Morgan fingerprint density at radius 3 is 2.59 bits per heavy atom. The maximum atomic E-state index is 13.1. The Morgan fingerprint density at radius 1 is 1.18 bits per heavy atom. The van der Waals surface area contributed by atoms with Crippen molar-refractivity contribution in [3.8, 4) is 0 Å². The summed E-state index contributed by atoms with van der Waals surface area (Å²) in [6, 6.07) is 11.6. The molecule has 2 rings (SSSR count). The Kier molecular flexibility index (Phi) is 3.46. The lowest BCUT2D eigenvalue weighted by Gasteiger charge is -2.15. The van der Waals surface area contributed by atoms with Crippen molar-refractivity contribution in [1.29, 1.82) is 0 Å². The largest absolute Gasteiger partial charge is 0.320 e. The first kappa shape index (κ1) is 12.1. The highest BCUT2D eigenvalue weighted by molar-refractivity contribution is 6.32. The summed E-state index contributed by atoms with van der Waals surface area (Å²) in [7, 11) is 0. The van der Waals surface area contributed by atoms with Gasteiger partial charge >= 0.3 is 0 Å². The molecule has 17 heavy (non-hydrogen) atoms. The molecule has 0 bridgehead atoms. The van der Waals surface area contributed by atoms with Crippen molar-refractivity contribution in [3.05, 3.63) is 70.0 Å². The average Bonchev–Trinajstić information content (AvgIpc) is 2.32. The topological polar surface area (TPSA) is 26.0 Å². The van der Waals surface area contributed by atoms with E-state index in [1.165, 1.54) is 12.1 Å². The maximum Gasteiger partial charge on any atom is 0.123 e. The molecule has 1 unspecified atom stereocenters. The van der Waals surface area contributed by atoms with Gasteiger partial charge in [-0.15, -0.1) is 0 Å². The molecule has 0 aromatic heterocycles. The Balaban J connectivity index is 2.44. The first-order valence-corrected chi connectivity index (χ1v) is 5.73. The number of benzene rings is 2. The van der Waals surface area contributed by atoms with Crippen LogP contribution in [0.2, 0.25) is 5.02 Å². The molecule has 0 amide bonds. The smallest absolute Gasteiger partial charge is 0.123 e. The molecule has 3 heteroatoms. The van der Waals surface area contributed by atoms with E-state index in [4.69, 9.17) is 17.3 Å². The minimum absolute atomic E-state index is 0.290. The fourth-order valence-electron chi connectivity index (χ4n) is 1.79. The van der Waals surface area contributed by atoms with Crippen LogP contribution in [0.5, 0.6) is 0 Å². The van der Waals surface area contributed by atoms with Gasteiger partial charge in [-0.05, 0) is 35.7 Å². The van der Waals surface area contributed by atoms with Gasteiger partial charge in [-0.25, -0.2) is 4.39 Å². The van der Waals surface area contributed by atoms with E-state index in [1.807, 2.05) is 25.1 Å². The highest BCUT2D eigenvalue weighted by Gasteiger charge is 2.13. The van der Waals surface area contributed by atoms with Gasteiger partial charge in [-0.2, -0.15) is 0 Å². The zero-order valence-corrected chi connectivity index (χ0v) is 10.2. The molecule has 0 saturated carbocycles. The standard InChI is InChI=1S/C14H13ClFN/c1-9-4-2-7-12(13(9)15)14(17)10-5-3-6-11(16)8-10/h2-8,14H,17H2,1H3. The SMILES string of the molecule is Cc1cccc(C(N)c2cccc(F)c2)c1Cl. The molecule has 2 N–H and O–H groups in total. The van der Waals surface area contributed by atoms with Crippen LogP contribution in [0.1, 0.15) is 22.7 Å². The second-order valence-electron chi connectivity index (χ2n) is 4.01. The van der Waals surface area contributed by atoms with Crippen LogP contribution >= 0.6 is 11.6 Å². The molecule has 0 aliphatic heterocycles. The molecule has 0 aliphatic carbocycles. The molecule has 0 fully saturated rings. The molecular formula is C14H13ClFN. The summed E-state index contributed by atoms with van der Waals surface area (Å²) in [5.74, 6) is -0.290. The van der Waals surface area contributed by atoms with E-state index in [1.54, 1.807) is 12.1 Å². The summed E-state index contributed by atoms with van der Waals surface area (Å²) >= 11 is 6.20. The summed E-state index contributed by atoms with van der Waals surface area (Å²) < 4.78 is 13.1. The van der Waals surface area contributed by atoms with Gasteiger partial charge in [0, 0.05) is 5.02 Å². The predicted octanol–water partition coefficient (Wildman–Crippen LogP) is 3.84. The normalized spacial score (nSPS) is 12.5. The summed E-state index contributed by atoms with van der Waals surface area (Å²) in [5.41, 5.74) is 8.61. The first-order chi connectivity index (χ1) is 8.09. The Hall–Kier alpha value is -1.38. The third-order valence-electron chi connectivity index (χ3n) is 2.76. The van der Waals surface area contributed by atoms with Crippen molar-refractivity contribution < 1.29 is 4.39 Å². The van der Waals surface area contributed by atoms with Crippen molar-refractivity contribution in [2.75, 3.05) is 0 Å². The molecule has 0 radical (unpaired) electrons. The minimum Gasteiger partial charge on any atom is -0.320 e. The van der Waals surface area contributed by atoms with E-state index in [0.717, 1.165) is 16.7 Å². The number of aryl methyl sites for hydroxylation is 1. The van der Waals surface area contributed by atoms with E-state index in [0.29, 0.717) is 5.02 Å². The molecule has 0 spiro atoms. The molecule has 1 atom stereocenters. The van der Waals surface area contributed by atoms with Gasteiger partial charge in [-0.1, -0.05) is 41.9 Å². The third-order valence-corrected chi connectivity index (χ3v) is 3.28. The lowest BCUT2D eigenvalue weighted by atomic mass is 9.98. The van der Waals surface area contributed by atoms with Crippen molar-refractivity contribution in [2.45, 2.75) is 13.0 Å². The molecule has 0 aliphatic rings. The van der Waals surface area contributed by atoms with Gasteiger partial charge in [0.25, 0.3) is 0 Å². The van der Waals surface area contributed by atoms with E-state index < -0.39 is 6.04 Å². The van der Waals surface area contributed by atoms with Crippen LogP contribution in [-0.4, -0.2) is 0 Å². The van der Waals surface area contributed by atoms with Crippen LogP contribution in [0.15, 0.2) is 42.5 Å². The highest BCUT2D eigenvalue weighted by Crippen LogP contribution is 2.28. The molecule has 2 aromatic rings. The third kappa shape index (κ3) is 2.48. The molecule has 0 saturated heterocycles. The highest BCUT2D eigenvalue weighted by atomic mass is 35.5. The van der Waals surface area contributed by atoms with Crippen LogP contribution in [0.3, 0.4) is 0 Å².